The van der Waals surface area contributed by atoms with E-state index >= 15 is 0 Å². The van der Waals surface area contributed by atoms with Crippen LogP contribution >= 0.6 is 0 Å². The smallest absolute Gasteiger partial charge is 0.411 e. The molecule has 0 saturated carbocycles. The molecule has 2 N–H and O–H groups in total. The van der Waals surface area contributed by atoms with Crippen LogP contribution in [0, 0.1) is 0 Å². The van der Waals surface area contributed by atoms with Crippen LogP contribution in [-0.2, 0) is 11.3 Å². The van der Waals surface area contributed by atoms with E-state index in [0.717, 1.165) is 12.2 Å². The summed E-state index contributed by atoms with van der Waals surface area (Å²) in [5.74, 6) is 0. The van der Waals surface area contributed by atoms with Gasteiger partial charge < -0.3 is 10.1 Å². The molecule has 0 fully saturated rings. The molecule has 0 aliphatic heterocycles. The summed E-state index contributed by atoms with van der Waals surface area (Å²) in [6, 6.07) is 8.18. The van der Waals surface area contributed by atoms with Crippen LogP contribution in [0.15, 0.2) is 24.3 Å². The molecule has 1 aromatic carbocycles. The standard InChI is InChI=1S/C14H22N2O2/c1-10(2)15-9-12-5-7-13(8-6-12)16-14(17)18-11(3)4/h5-8,10-11,15H,9H2,1-4H3,(H,16,17). The van der Waals surface area contributed by atoms with E-state index in [2.05, 4.69) is 24.5 Å². The number of amides is 1. The molecule has 0 saturated heterocycles. The summed E-state index contributed by atoms with van der Waals surface area (Å²) in [6.07, 6.45) is -0.530. The first-order valence-corrected chi connectivity index (χ1v) is 6.27. The zero-order chi connectivity index (χ0) is 13.5. The Labute approximate surface area is 109 Å². The van der Waals surface area contributed by atoms with Crippen molar-refractivity contribution in [1.29, 1.82) is 0 Å². The first-order chi connectivity index (χ1) is 8.47. The van der Waals surface area contributed by atoms with Gasteiger partial charge in [-0.3, -0.25) is 5.32 Å². The summed E-state index contributed by atoms with van der Waals surface area (Å²) in [5, 5.41) is 6.02. The third kappa shape index (κ3) is 5.68. The van der Waals surface area contributed by atoms with Crippen LogP contribution in [0.5, 0.6) is 0 Å². The predicted molar refractivity (Wildman–Crippen MR) is 73.7 cm³/mol. The van der Waals surface area contributed by atoms with Crippen LogP contribution in [-0.4, -0.2) is 18.2 Å². The fourth-order valence-electron chi connectivity index (χ4n) is 1.39. The Balaban J connectivity index is 2.47. The second kappa shape index (κ2) is 7.01. The molecule has 4 heteroatoms. The highest BCUT2D eigenvalue weighted by atomic mass is 16.6. The lowest BCUT2D eigenvalue weighted by Crippen LogP contribution is -2.21. The van der Waals surface area contributed by atoms with Gasteiger partial charge >= 0.3 is 6.09 Å². The number of hydrogen-bond acceptors (Lipinski definition) is 3. The van der Waals surface area contributed by atoms with Crippen molar-refractivity contribution in [2.24, 2.45) is 0 Å². The van der Waals surface area contributed by atoms with Gasteiger partial charge in [0, 0.05) is 18.3 Å². The Bertz CT molecular complexity index is 372. The monoisotopic (exact) mass is 250 g/mol. The van der Waals surface area contributed by atoms with Gasteiger partial charge in [0.15, 0.2) is 0 Å². The van der Waals surface area contributed by atoms with E-state index in [9.17, 15) is 4.79 Å². The Morgan fingerprint density at radius 3 is 2.28 bits per heavy atom. The van der Waals surface area contributed by atoms with Crippen molar-refractivity contribution >= 4 is 11.8 Å². The molecular formula is C14H22N2O2. The Morgan fingerprint density at radius 1 is 1.17 bits per heavy atom. The van der Waals surface area contributed by atoms with Gasteiger partial charge in [-0.1, -0.05) is 26.0 Å². The van der Waals surface area contributed by atoms with Crippen molar-refractivity contribution < 1.29 is 9.53 Å². The van der Waals surface area contributed by atoms with Crippen molar-refractivity contribution in [1.82, 2.24) is 5.32 Å². The summed E-state index contributed by atoms with van der Waals surface area (Å²) < 4.78 is 5.00. The van der Waals surface area contributed by atoms with Crippen LogP contribution in [0.25, 0.3) is 0 Å². The van der Waals surface area contributed by atoms with Crippen molar-refractivity contribution in [3.05, 3.63) is 29.8 Å². The van der Waals surface area contributed by atoms with Gasteiger partial charge in [-0.05, 0) is 31.5 Å². The van der Waals surface area contributed by atoms with Gasteiger partial charge in [0.05, 0.1) is 6.10 Å². The van der Waals surface area contributed by atoms with E-state index < -0.39 is 6.09 Å². The fraction of sp³-hybridized carbons (Fsp3) is 0.500. The van der Waals surface area contributed by atoms with Crippen LogP contribution in [0.4, 0.5) is 10.5 Å². The fourth-order valence-corrected chi connectivity index (χ4v) is 1.39. The maximum Gasteiger partial charge on any atom is 0.411 e. The molecule has 0 aromatic heterocycles. The molecule has 100 valence electrons. The minimum absolute atomic E-state index is 0.112. The van der Waals surface area contributed by atoms with Crippen LogP contribution in [0.1, 0.15) is 33.3 Å². The third-order valence-electron chi connectivity index (χ3n) is 2.26. The number of rotatable bonds is 5. The molecule has 0 bridgehead atoms. The van der Waals surface area contributed by atoms with Crippen LogP contribution in [0.2, 0.25) is 0 Å². The Morgan fingerprint density at radius 2 is 1.78 bits per heavy atom. The summed E-state index contributed by atoms with van der Waals surface area (Å²) in [4.78, 5) is 11.4. The Kier molecular flexibility index (Phi) is 5.65. The van der Waals surface area contributed by atoms with Crippen molar-refractivity contribution in [3.63, 3.8) is 0 Å². The lowest BCUT2D eigenvalue weighted by molar-refractivity contribution is 0.130. The number of ether oxygens (including phenoxy) is 1. The molecule has 0 spiro atoms. The second-order valence-electron chi connectivity index (χ2n) is 4.81. The van der Waals surface area contributed by atoms with Gasteiger partial charge in [0.2, 0.25) is 0 Å². The SMILES string of the molecule is CC(C)NCc1ccc(NC(=O)OC(C)C)cc1. The van der Waals surface area contributed by atoms with E-state index in [4.69, 9.17) is 4.74 Å². The Hall–Kier alpha value is -1.55. The predicted octanol–water partition coefficient (Wildman–Crippen LogP) is 3.14. The molecule has 0 aliphatic carbocycles. The van der Waals surface area contributed by atoms with Gasteiger partial charge in [-0.2, -0.15) is 0 Å². The molecular weight excluding hydrogens is 228 g/mol. The van der Waals surface area contributed by atoms with E-state index in [1.807, 2.05) is 38.1 Å². The summed E-state index contributed by atoms with van der Waals surface area (Å²) in [7, 11) is 0. The van der Waals surface area contributed by atoms with Crippen molar-refractivity contribution in [2.45, 2.75) is 46.4 Å². The summed E-state index contributed by atoms with van der Waals surface area (Å²) in [6.45, 7) is 8.69. The average Bonchev–Trinajstić information content (AvgIpc) is 2.26. The topological polar surface area (TPSA) is 50.4 Å². The normalized spacial score (nSPS) is 10.8. The molecule has 1 amide bonds. The first-order valence-electron chi connectivity index (χ1n) is 6.27. The third-order valence-corrected chi connectivity index (χ3v) is 2.26. The molecule has 0 radical (unpaired) electrons. The minimum atomic E-state index is -0.418. The first kappa shape index (κ1) is 14.5. The molecule has 0 aliphatic rings. The minimum Gasteiger partial charge on any atom is -0.447 e. The average molecular weight is 250 g/mol. The number of carbonyl (C=O) groups excluding carboxylic acids is 1. The lowest BCUT2D eigenvalue weighted by atomic mass is 10.2. The highest BCUT2D eigenvalue weighted by Gasteiger charge is 2.05. The van der Waals surface area contributed by atoms with E-state index in [1.165, 1.54) is 5.56 Å². The maximum absolute atomic E-state index is 11.4. The molecule has 0 atom stereocenters. The highest BCUT2D eigenvalue weighted by molar-refractivity contribution is 5.84. The van der Waals surface area contributed by atoms with Crippen LogP contribution < -0.4 is 10.6 Å². The van der Waals surface area contributed by atoms with E-state index in [0.29, 0.717) is 6.04 Å². The van der Waals surface area contributed by atoms with Gasteiger partial charge in [-0.25, -0.2) is 4.79 Å². The zero-order valence-corrected chi connectivity index (χ0v) is 11.5. The van der Waals surface area contributed by atoms with Crippen molar-refractivity contribution in [3.8, 4) is 0 Å². The molecule has 18 heavy (non-hydrogen) atoms. The molecule has 4 nitrogen and oxygen atoms in total. The molecule has 1 rings (SSSR count). The zero-order valence-electron chi connectivity index (χ0n) is 11.5. The molecule has 1 aromatic rings. The quantitative estimate of drug-likeness (QED) is 0.844. The second-order valence-corrected chi connectivity index (χ2v) is 4.81. The largest absolute Gasteiger partial charge is 0.447 e. The number of benzene rings is 1. The summed E-state index contributed by atoms with van der Waals surface area (Å²) >= 11 is 0. The van der Waals surface area contributed by atoms with Gasteiger partial charge in [-0.15, -0.1) is 0 Å². The van der Waals surface area contributed by atoms with Gasteiger partial charge in [0.25, 0.3) is 0 Å². The lowest BCUT2D eigenvalue weighted by Gasteiger charge is -2.11. The van der Waals surface area contributed by atoms with E-state index in [1.54, 1.807) is 0 Å². The van der Waals surface area contributed by atoms with E-state index in [-0.39, 0.29) is 6.10 Å². The van der Waals surface area contributed by atoms with Gasteiger partial charge in [0.1, 0.15) is 0 Å². The summed E-state index contributed by atoms with van der Waals surface area (Å²) in [5.41, 5.74) is 1.93. The highest BCUT2D eigenvalue weighted by Crippen LogP contribution is 2.10. The van der Waals surface area contributed by atoms with Crippen molar-refractivity contribution in [2.75, 3.05) is 5.32 Å². The number of hydrogen-bond donors (Lipinski definition) is 2. The molecule has 0 unspecified atom stereocenters. The number of carbonyl (C=O) groups is 1. The number of nitrogens with one attached hydrogen (secondary N) is 2. The number of anilines is 1. The van der Waals surface area contributed by atoms with Crippen LogP contribution in [0.3, 0.4) is 0 Å². The maximum atomic E-state index is 11.4. The molecule has 0 heterocycles.